The van der Waals surface area contributed by atoms with Crippen LogP contribution in [0.2, 0.25) is 0 Å². The van der Waals surface area contributed by atoms with Crippen LogP contribution < -0.4 is 10.3 Å². The van der Waals surface area contributed by atoms with Gasteiger partial charge in [0, 0.05) is 37.8 Å². The highest BCUT2D eigenvalue weighted by atomic mass is 19.1. The molecule has 0 aliphatic carbocycles. The minimum Gasteiger partial charge on any atom is -0.497 e. The zero-order valence-electron chi connectivity index (χ0n) is 20.5. The summed E-state index contributed by atoms with van der Waals surface area (Å²) < 4.78 is 20.5. The van der Waals surface area contributed by atoms with Crippen molar-refractivity contribution in [3.05, 3.63) is 81.7 Å². The number of aromatic nitrogens is 5. The minimum atomic E-state index is -0.431. The van der Waals surface area contributed by atoms with E-state index in [0.29, 0.717) is 29.2 Å². The van der Waals surface area contributed by atoms with Crippen LogP contribution in [0.1, 0.15) is 36.3 Å². The number of hydrogen-bond acceptors (Lipinski definition) is 7. The van der Waals surface area contributed by atoms with Crippen LogP contribution in [-0.2, 0) is 6.54 Å². The third-order valence-corrected chi connectivity index (χ3v) is 6.74. The Morgan fingerprint density at radius 1 is 1.08 bits per heavy atom. The summed E-state index contributed by atoms with van der Waals surface area (Å²) >= 11 is 0. The van der Waals surface area contributed by atoms with E-state index in [-0.39, 0.29) is 11.4 Å². The van der Waals surface area contributed by atoms with Crippen molar-refractivity contribution in [1.82, 2.24) is 35.0 Å². The Bertz CT molecular complexity index is 1380. The number of hydrogen-bond donors (Lipinski definition) is 1. The molecule has 9 nitrogen and oxygen atoms in total. The molecule has 1 N–H and O–H groups in total. The summed E-state index contributed by atoms with van der Waals surface area (Å²) in [5, 5.41) is 13.5. The van der Waals surface area contributed by atoms with E-state index in [2.05, 4.69) is 37.2 Å². The lowest BCUT2D eigenvalue weighted by Gasteiger charge is -2.38. The molecular formula is C26H30FN7O2. The number of tetrazole rings is 1. The van der Waals surface area contributed by atoms with Crippen molar-refractivity contribution in [3.8, 4) is 5.75 Å². The Labute approximate surface area is 208 Å². The number of methoxy groups -OCH3 is 1. The lowest BCUT2D eigenvalue weighted by atomic mass is 10.0. The van der Waals surface area contributed by atoms with E-state index in [1.165, 1.54) is 12.1 Å². The summed E-state index contributed by atoms with van der Waals surface area (Å²) in [6.07, 6.45) is 1.10. The number of fused-ring (bicyclic) bond motifs is 1. The third-order valence-electron chi connectivity index (χ3n) is 6.74. The Balaban J connectivity index is 1.55. The van der Waals surface area contributed by atoms with Gasteiger partial charge in [-0.25, -0.2) is 9.07 Å². The van der Waals surface area contributed by atoms with Crippen molar-refractivity contribution in [2.75, 3.05) is 39.8 Å². The first-order valence-electron chi connectivity index (χ1n) is 12.2. The highest BCUT2D eigenvalue weighted by Gasteiger charge is 2.32. The van der Waals surface area contributed by atoms with Crippen molar-refractivity contribution in [2.45, 2.75) is 25.9 Å². The maximum atomic E-state index is 13.4. The van der Waals surface area contributed by atoms with Crippen LogP contribution in [0, 0.1) is 5.82 Å². The number of H-pyrrole nitrogens is 1. The highest BCUT2D eigenvalue weighted by molar-refractivity contribution is 5.80. The lowest BCUT2D eigenvalue weighted by molar-refractivity contribution is 0.104. The van der Waals surface area contributed by atoms with Crippen LogP contribution in [0.25, 0.3) is 10.9 Å². The molecule has 1 fully saturated rings. The van der Waals surface area contributed by atoms with Gasteiger partial charge in [-0.2, -0.15) is 0 Å². The van der Waals surface area contributed by atoms with E-state index in [9.17, 15) is 9.18 Å². The van der Waals surface area contributed by atoms with Crippen LogP contribution in [-0.4, -0.2) is 74.8 Å². The molecule has 188 valence electrons. The standard InChI is InChI=1S/C26H30FN7O2/c1-3-10-32-11-13-33(14-12-32)24(22-15-19-6-9-21(36-2)16-23(19)28-26(22)35)25-29-30-31-34(25)17-18-4-7-20(27)8-5-18/h4-9,15-16,24H,3,10-14,17H2,1-2H3,(H,28,35)/t24-/m0/s1. The molecule has 0 radical (unpaired) electrons. The number of rotatable bonds is 8. The fourth-order valence-electron chi connectivity index (χ4n) is 4.87. The number of pyridine rings is 1. The average Bonchev–Trinajstić information content (AvgIpc) is 3.34. The molecule has 1 aliphatic rings. The summed E-state index contributed by atoms with van der Waals surface area (Å²) in [7, 11) is 1.60. The van der Waals surface area contributed by atoms with Gasteiger partial charge in [0.15, 0.2) is 5.82 Å². The monoisotopic (exact) mass is 491 g/mol. The largest absolute Gasteiger partial charge is 0.497 e. The summed E-state index contributed by atoms with van der Waals surface area (Å²) in [6, 6.07) is 13.4. The molecule has 4 aromatic rings. The van der Waals surface area contributed by atoms with Gasteiger partial charge in [-0.3, -0.25) is 9.69 Å². The zero-order valence-corrected chi connectivity index (χ0v) is 20.5. The molecule has 1 aliphatic heterocycles. The SMILES string of the molecule is CCCN1CCN([C@@H](c2cc3ccc(OC)cc3[nH]c2=O)c2nnnn2Cc2ccc(F)cc2)CC1. The third kappa shape index (κ3) is 5.00. The number of benzene rings is 2. The first kappa shape index (κ1) is 24.1. The summed E-state index contributed by atoms with van der Waals surface area (Å²) in [5.74, 6) is 0.970. The molecule has 1 saturated heterocycles. The van der Waals surface area contributed by atoms with Gasteiger partial charge in [-0.15, -0.1) is 5.10 Å². The molecule has 1 atom stereocenters. The topological polar surface area (TPSA) is 92.2 Å². The van der Waals surface area contributed by atoms with Crippen molar-refractivity contribution in [2.24, 2.45) is 0 Å². The van der Waals surface area contributed by atoms with Gasteiger partial charge in [0.25, 0.3) is 5.56 Å². The van der Waals surface area contributed by atoms with E-state index in [4.69, 9.17) is 4.74 Å². The molecule has 0 amide bonds. The fourth-order valence-corrected chi connectivity index (χ4v) is 4.87. The lowest BCUT2D eigenvalue weighted by Crippen LogP contribution is -2.49. The molecule has 2 aromatic carbocycles. The van der Waals surface area contributed by atoms with E-state index in [1.54, 1.807) is 23.9 Å². The molecule has 3 heterocycles. The van der Waals surface area contributed by atoms with Crippen LogP contribution in [0.4, 0.5) is 4.39 Å². The van der Waals surface area contributed by atoms with Crippen LogP contribution in [0.5, 0.6) is 5.75 Å². The second kappa shape index (κ2) is 10.5. The fraction of sp³-hybridized carbons (Fsp3) is 0.385. The maximum Gasteiger partial charge on any atom is 0.253 e. The van der Waals surface area contributed by atoms with Gasteiger partial charge in [0.2, 0.25) is 0 Å². The Morgan fingerprint density at radius 2 is 1.86 bits per heavy atom. The summed E-state index contributed by atoms with van der Waals surface area (Å²) in [5.41, 5.74) is 1.98. The van der Waals surface area contributed by atoms with E-state index in [0.717, 1.165) is 50.1 Å². The summed E-state index contributed by atoms with van der Waals surface area (Å²) in [6.45, 7) is 7.00. The highest BCUT2D eigenvalue weighted by Crippen LogP contribution is 2.29. The van der Waals surface area contributed by atoms with Crippen LogP contribution in [0.3, 0.4) is 0 Å². The molecule has 0 bridgehead atoms. The Hall–Kier alpha value is -3.63. The number of piperazine rings is 1. The quantitative estimate of drug-likeness (QED) is 0.405. The van der Waals surface area contributed by atoms with E-state index in [1.807, 2.05) is 24.3 Å². The second-order valence-corrected chi connectivity index (χ2v) is 9.11. The number of nitrogens with one attached hydrogen (secondary N) is 1. The molecule has 0 spiro atoms. The molecule has 2 aromatic heterocycles. The van der Waals surface area contributed by atoms with Crippen LogP contribution >= 0.6 is 0 Å². The van der Waals surface area contributed by atoms with Gasteiger partial charge in [0.05, 0.1) is 19.2 Å². The smallest absolute Gasteiger partial charge is 0.253 e. The molecule has 0 saturated carbocycles. The number of nitrogens with zero attached hydrogens (tertiary/aromatic N) is 6. The molecule has 10 heteroatoms. The predicted octanol–water partition coefficient (Wildman–Crippen LogP) is 2.83. The van der Waals surface area contributed by atoms with Crippen molar-refractivity contribution >= 4 is 10.9 Å². The van der Waals surface area contributed by atoms with Gasteiger partial charge in [-0.1, -0.05) is 19.1 Å². The average molecular weight is 492 g/mol. The Morgan fingerprint density at radius 3 is 2.58 bits per heavy atom. The van der Waals surface area contributed by atoms with Crippen molar-refractivity contribution < 1.29 is 9.13 Å². The second-order valence-electron chi connectivity index (χ2n) is 9.11. The zero-order chi connectivity index (χ0) is 25.1. The summed E-state index contributed by atoms with van der Waals surface area (Å²) in [4.78, 5) is 21.2. The Kier molecular flexibility index (Phi) is 7.06. The molecule has 0 unspecified atom stereocenters. The molecular weight excluding hydrogens is 461 g/mol. The van der Waals surface area contributed by atoms with Gasteiger partial charge in [0.1, 0.15) is 17.6 Å². The molecule has 36 heavy (non-hydrogen) atoms. The van der Waals surface area contributed by atoms with Gasteiger partial charge in [-0.05, 0) is 64.7 Å². The van der Waals surface area contributed by atoms with Crippen molar-refractivity contribution in [1.29, 1.82) is 0 Å². The predicted molar refractivity (Wildman–Crippen MR) is 135 cm³/mol. The number of aromatic amines is 1. The normalized spacial score (nSPS) is 15.9. The van der Waals surface area contributed by atoms with E-state index >= 15 is 0 Å². The van der Waals surface area contributed by atoms with Crippen LogP contribution in [0.15, 0.2) is 53.3 Å². The number of halogens is 1. The van der Waals surface area contributed by atoms with E-state index < -0.39 is 6.04 Å². The molecule has 5 rings (SSSR count). The van der Waals surface area contributed by atoms with Gasteiger partial charge < -0.3 is 14.6 Å². The minimum absolute atomic E-state index is 0.187. The first-order chi connectivity index (χ1) is 17.6. The maximum absolute atomic E-state index is 13.4. The van der Waals surface area contributed by atoms with Gasteiger partial charge >= 0.3 is 0 Å². The number of ether oxygens (including phenoxy) is 1. The first-order valence-corrected chi connectivity index (χ1v) is 12.2. The van der Waals surface area contributed by atoms with Crippen molar-refractivity contribution in [3.63, 3.8) is 0 Å².